The Hall–Kier alpha value is -3.13. The number of carbonyl (C=O) groups excluding carboxylic acids is 4. The van der Waals surface area contributed by atoms with Gasteiger partial charge >= 0.3 is 5.97 Å². The number of carbonyl (C=O) groups is 4. The van der Waals surface area contributed by atoms with E-state index in [2.05, 4.69) is 5.32 Å². The van der Waals surface area contributed by atoms with E-state index < -0.39 is 18.5 Å². The van der Waals surface area contributed by atoms with Gasteiger partial charge in [-0.15, -0.1) is 11.8 Å². The Morgan fingerprint density at radius 1 is 1.00 bits per heavy atom. The van der Waals surface area contributed by atoms with Crippen LogP contribution in [-0.2, 0) is 19.1 Å². The van der Waals surface area contributed by atoms with Crippen molar-refractivity contribution in [1.82, 2.24) is 0 Å². The first kappa shape index (κ1) is 19.6. The fourth-order valence-electron chi connectivity index (χ4n) is 2.70. The van der Waals surface area contributed by atoms with Crippen molar-refractivity contribution in [2.75, 3.05) is 23.1 Å². The van der Waals surface area contributed by atoms with E-state index in [1.165, 1.54) is 24.3 Å². The van der Waals surface area contributed by atoms with Crippen molar-refractivity contribution in [3.8, 4) is 0 Å². The molecule has 2 aromatic rings. The average Bonchev–Trinajstić information content (AvgIpc) is 3.05. The molecular formula is C20H18N2O5S. The molecule has 0 aromatic heterocycles. The lowest BCUT2D eigenvalue weighted by Crippen LogP contribution is -2.28. The Morgan fingerprint density at radius 3 is 2.18 bits per heavy atom. The minimum Gasteiger partial charge on any atom is -0.452 e. The van der Waals surface area contributed by atoms with Crippen LogP contribution in [0.15, 0.2) is 53.4 Å². The molecule has 8 heteroatoms. The Morgan fingerprint density at radius 2 is 1.61 bits per heavy atom. The van der Waals surface area contributed by atoms with Crippen molar-refractivity contribution < 1.29 is 23.9 Å². The van der Waals surface area contributed by atoms with E-state index in [9.17, 15) is 19.2 Å². The van der Waals surface area contributed by atoms with Gasteiger partial charge in [0.05, 0.1) is 11.3 Å². The van der Waals surface area contributed by atoms with E-state index in [1.807, 2.05) is 18.4 Å². The molecule has 1 N–H and O–H groups in total. The van der Waals surface area contributed by atoms with Gasteiger partial charge in [0.15, 0.2) is 6.61 Å². The van der Waals surface area contributed by atoms with Crippen LogP contribution in [0, 0.1) is 0 Å². The molecule has 0 unspecified atom stereocenters. The minimum atomic E-state index is -0.668. The first-order chi connectivity index (χ1) is 13.5. The smallest absolute Gasteiger partial charge is 0.338 e. The first-order valence-electron chi connectivity index (χ1n) is 8.55. The molecule has 0 spiro atoms. The summed E-state index contributed by atoms with van der Waals surface area (Å²) in [5.41, 5.74) is 1.25. The summed E-state index contributed by atoms with van der Waals surface area (Å²) in [6.07, 6.45) is 2.34. The zero-order chi connectivity index (χ0) is 20.1. The highest BCUT2D eigenvalue weighted by molar-refractivity contribution is 7.98. The number of imide groups is 1. The predicted molar refractivity (Wildman–Crippen MR) is 105 cm³/mol. The monoisotopic (exact) mass is 398 g/mol. The van der Waals surface area contributed by atoms with Crippen molar-refractivity contribution in [3.63, 3.8) is 0 Å². The fourth-order valence-corrected chi connectivity index (χ4v) is 3.11. The largest absolute Gasteiger partial charge is 0.452 e. The molecule has 0 bridgehead atoms. The van der Waals surface area contributed by atoms with Gasteiger partial charge in [-0.1, -0.05) is 0 Å². The lowest BCUT2D eigenvalue weighted by atomic mass is 10.2. The maximum absolute atomic E-state index is 12.1. The molecule has 0 saturated carbocycles. The average molecular weight is 398 g/mol. The third-order valence-electron chi connectivity index (χ3n) is 4.12. The van der Waals surface area contributed by atoms with Gasteiger partial charge in [-0.3, -0.25) is 19.3 Å². The van der Waals surface area contributed by atoms with E-state index in [1.54, 1.807) is 23.9 Å². The number of benzene rings is 2. The van der Waals surface area contributed by atoms with E-state index in [0.29, 0.717) is 11.4 Å². The van der Waals surface area contributed by atoms with Crippen LogP contribution in [0.4, 0.5) is 11.4 Å². The zero-order valence-corrected chi connectivity index (χ0v) is 16.0. The van der Waals surface area contributed by atoms with Crippen molar-refractivity contribution in [2.45, 2.75) is 17.7 Å². The highest BCUT2D eigenvalue weighted by Crippen LogP contribution is 2.23. The van der Waals surface area contributed by atoms with Crippen LogP contribution in [0.25, 0.3) is 0 Å². The second-order valence-corrected chi connectivity index (χ2v) is 6.90. The Balaban J connectivity index is 1.53. The number of thioether (sulfide) groups is 1. The number of amides is 3. The van der Waals surface area contributed by atoms with Gasteiger partial charge < -0.3 is 10.1 Å². The number of hydrogen-bond acceptors (Lipinski definition) is 6. The summed E-state index contributed by atoms with van der Waals surface area (Å²) in [5.74, 6) is -1.64. The zero-order valence-electron chi connectivity index (χ0n) is 15.1. The number of nitrogens with one attached hydrogen (secondary N) is 1. The summed E-state index contributed by atoms with van der Waals surface area (Å²) in [5, 5.41) is 2.65. The molecule has 0 radical (unpaired) electrons. The molecule has 1 heterocycles. The number of esters is 1. The maximum atomic E-state index is 12.1. The minimum absolute atomic E-state index is 0.192. The SMILES string of the molecule is CSc1ccc(NC(=O)COC(=O)c2ccc(N3C(=O)CCC3=O)cc2)cc1. The van der Waals surface area contributed by atoms with Crippen molar-refractivity contribution >= 4 is 46.8 Å². The van der Waals surface area contributed by atoms with Gasteiger partial charge in [0.25, 0.3) is 5.91 Å². The van der Waals surface area contributed by atoms with Gasteiger partial charge in [0, 0.05) is 23.4 Å². The van der Waals surface area contributed by atoms with Crippen LogP contribution in [0.3, 0.4) is 0 Å². The summed E-state index contributed by atoms with van der Waals surface area (Å²) in [6, 6.07) is 13.2. The van der Waals surface area contributed by atoms with Crippen molar-refractivity contribution in [3.05, 3.63) is 54.1 Å². The molecule has 144 valence electrons. The van der Waals surface area contributed by atoms with Crippen LogP contribution in [0.5, 0.6) is 0 Å². The quantitative estimate of drug-likeness (QED) is 0.457. The topological polar surface area (TPSA) is 92.8 Å². The third kappa shape index (κ3) is 4.58. The van der Waals surface area contributed by atoms with Gasteiger partial charge in [0.2, 0.25) is 11.8 Å². The lowest BCUT2D eigenvalue weighted by molar-refractivity contribution is -0.121. The standard InChI is InChI=1S/C20H18N2O5S/c1-28-16-8-4-14(5-9-16)21-17(23)12-27-20(26)13-2-6-15(7-3-13)22-18(24)10-11-19(22)25/h2-9H,10-12H2,1H3,(H,21,23). The first-order valence-corrected chi connectivity index (χ1v) is 9.77. The number of nitrogens with zero attached hydrogens (tertiary/aromatic N) is 1. The molecule has 1 saturated heterocycles. The Bertz CT molecular complexity index is 893. The Labute approximate surface area is 166 Å². The number of hydrogen-bond donors (Lipinski definition) is 1. The summed E-state index contributed by atoms with van der Waals surface area (Å²) in [4.78, 5) is 49.7. The molecule has 1 aliphatic rings. The number of anilines is 2. The molecule has 3 rings (SSSR count). The highest BCUT2D eigenvalue weighted by atomic mass is 32.2. The van der Waals surface area contributed by atoms with Crippen molar-refractivity contribution in [1.29, 1.82) is 0 Å². The molecular weight excluding hydrogens is 380 g/mol. The normalized spacial score (nSPS) is 13.5. The maximum Gasteiger partial charge on any atom is 0.338 e. The van der Waals surface area contributed by atoms with Crippen LogP contribution in [0.2, 0.25) is 0 Å². The summed E-state index contributed by atoms with van der Waals surface area (Å²) in [6.45, 7) is -0.423. The van der Waals surface area contributed by atoms with E-state index in [4.69, 9.17) is 4.74 Å². The summed E-state index contributed by atoms with van der Waals surface area (Å²) in [7, 11) is 0. The highest BCUT2D eigenvalue weighted by Gasteiger charge is 2.30. The molecule has 2 aromatic carbocycles. The molecule has 3 amide bonds. The Kier molecular flexibility index (Phi) is 6.10. The molecule has 7 nitrogen and oxygen atoms in total. The van der Waals surface area contributed by atoms with Crippen LogP contribution in [0.1, 0.15) is 23.2 Å². The molecule has 1 aliphatic heterocycles. The lowest BCUT2D eigenvalue weighted by Gasteiger charge is -2.14. The second kappa shape index (κ2) is 8.71. The second-order valence-electron chi connectivity index (χ2n) is 6.02. The number of rotatable bonds is 6. The summed E-state index contributed by atoms with van der Waals surface area (Å²) >= 11 is 1.59. The van der Waals surface area contributed by atoms with Crippen LogP contribution in [-0.4, -0.2) is 36.6 Å². The number of ether oxygens (including phenoxy) is 1. The van der Waals surface area contributed by atoms with E-state index >= 15 is 0 Å². The van der Waals surface area contributed by atoms with E-state index in [0.717, 1.165) is 9.80 Å². The van der Waals surface area contributed by atoms with Gasteiger partial charge in [-0.2, -0.15) is 0 Å². The van der Waals surface area contributed by atoms with Crippen LogP contribution < -0.4 is 10.2 Å². The van der Waals surface area contributed by atoms with Gasteiger partial charge in [-0.25, -0.2) is 4.79 Å². The van der Waals surface area contributed by atoms with Gasteiger partial charge in [-0.05, 0) is 54.8 Å². The van der Waals surface area contributed by atoms with Crippen LogP contribution >= 0.6 is 11.8 Å². The molecule has 0 atom stereocenters. The molecule has 0 aliphatic carbocycles. The summed E-state index contributed by atoms with van der Waals surface area (Å²) < 4.78 is 5.01. The van der Waals surface area contributed by atoms with E-state index in [-0.39, 0.29) is 30.2 Å². The third-order valence-corrected chi connectivity index (χ3v) is 4.86. The van der Waals surface area contributed by atoms with Gasteiger partial charge in [0.1, 0.15) is 0 Å². The fraction of sp³-hybridized carbons (Fsp3) is 0.200. The molecule has 1 fully saturated rings. The predicted octanol–water partition coefficient (Wildman–Crippen LogP) is 2.86. The van der Waals surface area contributed by atoms with Crippen molar-refractivity contribution in [2.24, 2.45) is 0 Å². The molecule has 28 heavy (non-hydrogen) atoms.